The Labute approximate surface area is 131 Å². The Hall–Kier alpha value is -1.23. The van der Waals surface area contributed by atoms with Gasteiger partial charge in [-0.25, -0.2) is 4.98 Å². The summed E-state index contributed by atoms with van der Waals surface area (Å²) in [4.78, 5) is 7.06. The van der Waals surface area contributed by atoms with Gasteiger partial charge in [0.2, 0.25) is 0 Å². The minimum absolute atomic E-state index is 0.633. The molecule has 1 saturated heterocycles. The molecule has 1 atom stereocenters. The quantitative estimate of drug-likeness (QED) is 0.889. The van der Waals surface area contributed by atoms with Gasteiger partial charge in [0.1, 0.15) is 0 Å². The van der Waals surface area contributed by atoms with Gasteiger partial charge in [0.25, 0.3) is 0 Å². The van der Waals surface area contributed by atoms with Gasteiger partial charge >= 0.3 is 0 Å². The molecule has 112 valence electrons. The molecule has 1 aliphatic rings. The van der Waals surface area contributed by atoms with Crippen LogP contribution in [-0.4, -0.2) is 35.6 Å². The van der Waals surface area contributed by atoms with Crippen molar-refractivity contribution < 1.29 is 0 Å². The van der Waals surface area contributed by atoms with Gasteiger partial charge in [0, 0.05) is 44.0 Å². The van der Waals surface area contributed by atoms with Crippen LogP contribution in [0.4, 0.5) is 0 Å². The van der Waals surface area contributed by atoms with Crippen LogP contribution >= 0.6 is 11.3 Å². The lowest BCUT2D eigenvalue weighted by atomic mass is 10.2. The molecular formula is C17H23N3S. The van der Waals surface area contributed by atoms with E-state index in [1.54, 1.807) is 11.3 Å². The summed E-state index contributed by atoms with van der Waals surface area (Å²) in [6, 6.07) is 11.4. The molecule has 0 saturated carbocycles. The minimum atomic E-state index is 0.633. The number of nitrogens with one attached hydrogen (secondary N) is 1. The molecule has 0 aliphatic carbocycles. The fourth-order valence-electron chi connectivity index (χ4n) is 2.91. The van der Waals surface area contributed by atoms with Crippen LogP contribution in [0, 0.1) is 6.92 Å². The second-order valence-corrected chi connectivity index (χ2v) is 6.83. The molecule has 1 N–H and O–H groups in total. The predicted octanol–water partition coefficient (Wildman–Crippen LogP) is 2.86. The number of hydrogen-bond donors (Lipinski definition) is 1. The number of rotatable bonds is 6. The van der Waals surface area contributed by atoms with Crippen LogP contribution < -0.4 is 5.32 Å². The summed E-state index contributed by atoms with van der Waals surface area (Å²) >= 11 is 1.74. The summed E-state index contributed by atoms with van der Waals surface area (Å²) in [5, 5.41) is 7.02. The molecule has 0 amide bonds. The molecular weight excluding hydrogens is 278 g/mol. The average Bonchev–Trinajstić information content (AvgIpc) is 3.10. The molecule has 3 rings (SSSR count). The number of likely N-dealkylation sites (tertiary alicyclic amines) is 1. The number of nitrogens with zero attached hydrogens (tertiary/aromatic N) is 2. The first-order valence-electron chi connectivity index (χ1n) is 7.70. The van der Waals surface area contributed by atoms with Crippen molar-refractivity contribution in [2.75, 3.05) is 19.6 Å². The van der Waals surface area contributed by atoms with Gasteiger partial charge in [-0.15, -0.1) is 11.3 Å². The summed E-state index contributed by atoms with van der Waals surface area (Å²) in [7, 11) is 0. The van der Waals surface area contributed by atoms with Crippen molar-refractivity contribution in [3.05, 3.63) is 52.0 Å². The summed E-state index contributed by atoms with van der Waals surface area (Å²) < 4.78 is 0. The zero-order valence-electron chi connectivity index (χ0n) is 12.6. The molecule has 2 heterocycles. The molecule has 0 spiro atoms. The number of hydrogen-bond acceptors (Lipinski definition) is 4. The van der Waals surface area contributed by atoms with E-state index in [1.165, 1.54) is 29.2 Å². The first-order chi connectivity index (χ1) is 10.3. The molecule has 4 heteroatoms. The maximum Gasteiger partial charge on any atom is 0.0897 e. The van der Waals surface area contributed by atoms with Crippen molar-refractivity contribution in [2.24, 2.45) is 0 Å². The van der Waals surface area contributed by atoms with E-state index in [2.05, 4.69) is 57.8 Å². The van der Waals surface area contributed by atoms with Gasteiger partial charge in [-0.3, -0.25) is 4.90 Å². The van der Waals surface area contributed by atoms with E-state index in [0.717, 1.165) is 26.1 Å². The maximum atomic E-state index is 4.51. The summed E-state index contributed by atoms with van der Waals surface area (Å²) in [5.41, 5.74) is 2.64. The molecule has 21 heavy (non-hydrogen) atoms. The van der Waals surface area contributed by atoms with Crippen LogP contribution in [0.15, 0.2) is 35.7 Å². The summed E-state index contributed by atoms with van der Waals surface area (Å²) in [5.74, 6) is 0. The van der Waals surface area contributed by atoms with Crippen LogP contribution in [0.25, 0.3) is 0 Å². The highest BCUT2D eigenvalue weighted by Crippen LogP contribution is 2.14. The highest BCUT2D eigenvalue weighted by atomic mass is 32.1. The largest absolute Gasteiger partial charge is 0.312 e. The molecule has 1 aliphatic heterocycles. The number of aryl methyl sites for hydroxylation is 1. The minimum Gasteiger partial charge on any atom is -0.312 e. The predicted molar refractivity (Wildman–Crippen MR) is 88.7 cm³/mol. The van der Waals surface area contributed by atoms with Crippen molar-refractivity contribution >= 4 is 11.3 Å². The fraction of sp³-hybridized carbons (Fsp3) is 0.471. The number of aromatic nitrogens is 1. The Bertz CT molecular complexity index is 552. The van der Waals surface area contributed by atoms with E-state index in [-0.39, 0.29) is 0 Å². The maximum absolute atomic E-state index is 4.51. The van der Waals surface area contributed by atoms with Gasteiger partial charge in [-0.2, -0.15) is 0 Å². The van der Waals surface area contributed by atoms with Crippen LogP contribution in [0.2, 0.25) is 0 Å². The van der Waals surface area contributed by atoms with Crippen molar-refractivity contribution in [2.45, 2.75) is 32.4 Å². The van der Waals surface area contributed by atoms with Gasteiger partial charge in [-0.05, 0) is 18.9 Å². The molecule has 0 bridgehead atoms. The molecule has 1 aromatic carbocycles. The van der Waals surface area contributed by atoms with Crippen LogP contribution in [0.3, 0.4) is 0 Å². The van der Waals surface area contributed by atoms with Crippen LogP contribution in [0.1, 0.15) is 22.7 Å². The molecule has 1 unspecified atom stereocenters. The topological polar surface area (TPSA) is 28.2 Å². The smallest absolute Gasteiger partial charge is 0.0897 e. The number of thiazole rings is 1. The Morgan fingerprint density at radius 2 is 2.19 bits per heavy atom. The SMILES string of the molecule is Cc1nc(CCNC2CCN(Cc3ccccc3)C2)cs1. The summed E-state index contributed by atoms with van der Waals surface area (Å²) in [6.45, 7) is 6.53. The van der Waals surface area contributed by atoms with E-state index in [4.69, 9.17) is 0 Å². The third-order valence-corrected chi connectivity index (χ3v) is 4.82. The third kappa shape index (κ3) is 4.37. The normalized spacial score (nSPS) is 19.2. The van der Waals surface area contributed by atoms with Gasteiger partial charge in [-0.1, -0.05) is 30.3 Å². The third-order valence-electron chi connectivity index (χ3n) is 4.00. The first kappa shape index (κ1) is 14.7. The van der Waals surface area contributed by atoms with E-state index in [9.17, 15) is 0 Å². The zero-order valence-corrected chi connectivity index (χ0v) is 13.4. The van der Waals surface area contributed by atoms with Crippen molar-refractivity contribution in [3.8, 4) is 0 Å². The second-order valence-electron chi connectivity index (χ2n) is 5.77. The lowest BCUT2D eigenvalue weighted by Crippen LogP contribution is -2.33. The van der Waals surface area contributed by atoms with Crippen molar-refractivity contribution in [3.63, 3.8) is 0 Å². The van der Waals surface area contributed by atoms with Crippen LogP contribution in [-0.2, 0) is 13.0 Å². The first-order valence-corrected chi connectivity index (χ1v) is 8.58. The Kier molecular flexibility index (Phi) is 5.01. The second kappa shape index (κ2) is 7.16. The lowest BCUT2D eigenvalue weighted by Gasteiger charge is -2.16. The Balaban J connectivity index is 1.38. The average molecular weight is 301 g/mol. The van der Waals surface area contributed by atoms with E-state index < -0.39 is 0 Å². The van der Waals surface area contributed by atoms with Crippen molar-refractivity contribution in [1.82, 2.24) is 15.2 Å². The van der Waals surface area contributed by atoms with Crippen LogP contribution in [0.5, 0.6) is 0 Å². The molecule has 1 aromatic heterocycles. The Morgan fingerprint density at radius 1 is 1.33 bits per heavy atom. The molecule has 3 nitrogen and oxygen atoms in total. The lowest BCUT2D eigenvalue weighted by molar-refractivity contribution is 0.320. The standard InChI is InChI=1S/C17H23N3S/c1-14-19-17(13-21-14)7-9-18-16-8-10-20(12-16)11-15-5-3-2-4-6-15/h2-6,13,16,18H,7-12H2,1H3. The fourth-order valence-corrected chi connectivity index (χ4v) is 3.56. The van der Waals surface area contributed by atoms with Gasteiger partial charge in [0.15, 0.2) is 0 Å². The van der Waals surface area contributed by atoms with Crippen molar-refractivity contribution in [1.29, 1.82) is 0 Å². The zero-order chi connectivity index (χ0) is 14.5. The monoisotopic (exact) mass is 301 g/mol. The summed E-state index contributed by atoms with van der Waals surface area (Å²) in [6.07, 6.45) is 2.29. The molecule has 0 radical (unpaired) electrons. The highest BCUT2D eigenvalue weighted by Gasteiger charge is 2.21. The number of benzene rings is 1. The van der Waals surface area contributed by atoms with E-state index >= 15 is 0 Å². The van der Waals surface area contributed by atoms with E-state index in [0.29, 0.717) is 6.04 Å². The van der Waals surface area contributed by atoms with Gasteiger partial charge < -0.3 is 5.32 Å². The molecule has 2 aromatic rings. The molecule has 1 fully saturated rings. The highest BCUT2D eigenvalue weighted by molar-refractivity contribution is 7.09. The Morgan fingerprint density at radius 3 is 2.95 bits per heavy atom. The van der Waals surface area contributed by atoms with Gasteiger partial charge in [0.05, 0.1) is 10.7 Å². The van der Waals surface area contributed by atoms with E-state index in [1.807, 2.05) is 0 Å².